The van der Waals surface area contributed by atoms with Crippen molar-refractivity contribution in [2.24, 2.45) is 5.41 Å². The standard InChI is InChI=1S/C18H26ClNO3/c1-17(2,14-3-5-15(19)6-4-14)11-16(22)20-12-18(13-21)7-9-23-10-8-18/h3-6,21H,7-13H2,1-2H3,(H,20,22). The summed E-state index contributed by atoms with van der Waals surface area (Å²) in [4.78, 5) is 12.3. The molecule has 0 atom stereocenters. The van der Waals surface area contributed by atoms with Gasteiger partial charge in [0.25, 0.3) is 0 Å². The molecule has 2 rings (SSSR count). The number of carbonyl (C=O) groups excluding carboxylic acids is 1. The number of ether oxygens (including phenoxy) is 1. The van der Waals surface area contributed by atoms with E-state index < -0.39 is 0 Å². The lowest BCUT2D eigenvalue weighted by molar-refractivity contribution is -0.123. The number of benzene rings is 1. The van der Waals surface area contributed by atoms with Crippen LogP contribution in [0, 0.1) is 5.41 Å². The van der Waals surface area contributed by atoms with Crippen LogP contribution in [-0.2, 0) is 14.9 Å². The van der Waals surface area contributed by atoms with Gasteiger partial charge in [0.05, 0.1) is 6.61 Å². The Morgan fingerprint density at radius 1 is 1.30 bits per heavy atom. The first kappa shape index (κ1) is 18.2. The van der Waals surface area contributed by atoms with Gasteiger partial charge in [0, 0.05) is 36.6 Å². The van der Waals surface area contributed by atoms with Gasteiger partial charge in [-0.15, -0.1) is 0 Å². The van der Waals surface area contributed by atoms with Crippen molar-refractivity contribution in [1.29, 1.82) is 0 Å². The van der Waals surface area contributed by atoms with Gasteiger partial charge in [-0.25, -0.2) is 0 Å². The first-order valence-corrected chi connectivity index (χ1v) is 8.46. The number of hydrogen-bond donors (Lipinski definition) is 2. The Labute approximate surface area is 143 Å². The highest BCUT2D eigenvalue weighted by molar-refractivity contribution is 6.30. The van der Waals surface area contributed by atoms with Crippen molar-refractivity contribution in [3.63, 3.8) is 0 Å². The van der Waals surface area contributed by atoms with Crippen LogP contribution in [0.3, 0.4) is 0 Å². The van der Waals surface area contributed by atoms with Crippen LogP contribution < -0.4 is 5.32 Å². The molecule has 1 aromatic carbocycles. The van der Waals surface area contributed by atoms with E-state index in [1.54, 1.807) is 0 Å². The van der Waals surface area contributed by atoms with Crippen LogP contribution in [-0.4, -0.2) is 37.4 Å². The van der Waals surface area contributed by atoms with Gasteiger partial charge in [-0.05, 0) is 36.0 Å². The summed E-state index contributed by atoms with van der Waals surface area (Å²) in [6.07, 6.45) is 1.96. The zero-order chi connectivity index (χ0) is 16.9. The summed E-state index contributed by atoms with van der Waals surface area (Å²) in [5, 5.41) is 13.4. The smallest absolute Gasteiger partial charge is 0.220 e. The summed E-state index contributed by atoms with van der Waals surface area (Å²) in [6, 6.07) is 7.62. The van der Waals surface area contributed by atoms with Crippen molar-refractivity contribution in [2.75, 3.05) is 26.4 Å². The van der Waals surface area contributed by atoms with E-state index in [1.165, 1.54) is 0 Å². The summed E-state index contributed by atoms with van der Waals surface area (Å²) in [6.45, 7) is 5.97. The summed E-state index contributed by atoms with van der Waals surface area (Å²) >= 11 is 5.92. The van der Waals surface area contributed by atoms with E-state index in [4.69, 9.17) is 16.3 Å². The lowest BCUT2D eigenvalue weighted by Gasteiger charge is -2.36. The largest absolute Gasteiger partial charge is 0.396 e. The number of nitrogens with one attached hydrogen (secondary N) is 1. The highest BCUT2D eigenvalue weighted by Crippen LogP contribution is 2.30. The van der Waals surface area contributed by atoms with Gasteiger partial charge < -0.3 is 15.2 Å². The molecule has 1 aromatic rings. The number of halogens is 1. The fourth-order valence-electron chi connectivity index (χ4n) is 2.95. The first-order valence-electron chi connectivity index (χ1n) is 8.08. The molecule has 23 heavy (non-hydrogen) atoms. The monoisotopic (exact) mass is 339 g/mol. The fraction of sp³-hybridized carbons (Fsp3) is 0.611. The van der Waals surface area contributed by atoms with Gasteiger partial charge >= 0.3 is 0 Å². The van der Waals surface area contributed by atoms with E-state index in [2.05, 4.69) is 5.32 Å². The van der Waals surface area contributed by atoms with Crippen molar-refractivity contribution >= 4 is 17.5 Å². The van der Waals surface area contributed by atoms with Crippen molar-refractivity contribution in [3.8, 4) is 0 Å². The molecule has 1 heterocycles. The maximum Gasteiger partial charge on any atom is 0.220 e. The minimum Gasteiger partial charge on any atom is -0.396 e. The SMILES string of the molecule is CC(C)(CC(=O)NCC1(CO)CCOCC1)c1ccc(Cl)cc1. The van der Waals surface area contributed by atoms with E-state index in [1.807, 2.05) is 38.1 Å². The van der Waals surface area contributed by atoms with Crippen molar-refractivity contribution in [1.82, 2.24) is 5.32 Å². The zero-order valence-corrected chi connectivity index (χ0v) is 14.7. The molecule has 0 bridgehead atoms. The van der Waals surface area contributed by atoms with Crippen LogP contribution in [0.2, 0.25) is 5.02 Å². The maximum atomic E-state index is 12.3. The van der Waals surface area contributed by atoms with Gasteiger partial charge in [0.2, 0.25) is 5.91 Å². The topological polar surface area (TPSA) is 58.6 Å². The van der Waals surface area contributed by atoms with E-state index in [0.717, 1.165) is 18.4 Å². The van der Waals surface area contributed by atoms with E-state index in [-0.39, 0.29) is 23.3 Å². The second-order valence-corrected chi connectivity index (χ2v) is 7.55. The fourth-order valence-corrected chi connectivity index (χ4v) is 3.07. The third-order valence-corrected chi connectivity index (χ3v) is 5.03. The molecule has 0 radical (unpaired) electrons. The van der Waals surface area contributed by atoms with Crippen LogP contribution >= 0.6 is 11.6 Å². The number of carbonyl (C=O) groups is 1. The number of rotatable bonds is 6. The average molecular weight is 340 g/mol. The van der Waals surface area contributed by atoms with Gasteiger partial charge in [-0.1, -0.05) is 37.6 Å². The van der Waals surface area contributed by atoms with Crippen LogP contribution in [0.25, 0.3) is 0 Å². The predicted octanol–water partition coefficient (Wildman–Crippen LogP) is 2.91. The highest BCUT2D eigenvalue weighted by Gasteiger charge is 2.33. The Kier molecular flexibility index (Phi) is 6.06. The molecule has 0 unspecified atom stereocenters. The molecule has 4 nitrogen and oxygen atoms in total. The van der Waals surface area contributed by atoms with Gasteiger partial charge in [0.1, 0.15) is 0 Å². The number of amides is 1. The molecule has 1 fully saturated rings. The van der Waals surface area contributed by atoms with Crippen LogP contribution in [0.15, 0.2) is 24.3 Å². The van der Waals surface area contributed by atoms with E-state index in [9.17, 15) is 9.90 Å². The molecule has 0 spiro atoms. The molecule has 128 valence electrons. The summed E-state index contributed by atoms with van der Waals surface area (Å²) < 4.78 is 5.35. The molecule has 5 heteroatoms. The molecule has 2 N–H and O–H groups in total. The molecule has 0 saturated carbocycles. The second kappa shape index (κ2) is 7.65. The summed E-state index contributed by atoms with van der Waals surface area (Å²) in [7, 11) is 0. The van der Waals surface area contributed by atoms with Gasteiger partial charge in [-0.2, -0.15) is 0 Å². The van der Waals surface area contributed by atoms with Crippen LogP contribution in [0.1, 0.15) is 38.7 Å². The lowest BCUT2D eigenvalue weighted by atomic mass is 9.79. The average Bonchev–Trinajstić information content (AvgIpc) is 2.54. The quantitative estimate of drug-likeness (QED) is 0.837. The first-order chi connectivity index (χ1) is 10.9. The van der Waals surface area contributed by atoms with Crippen molar-refractivity contribution in [3.05, 3.63) is 34.9 Å². The summed E-state index contributed by atoms with van der Waals surface area (Å²) in [5.74, 6) is 0.00395. The Morgan fingerprint density at radius 3 is 2.48 bits per heavy atom. The molecular weight excluding hydrogens is 314 g/mol. The molecule has 0 aliphatic carbocycles. The number of aliphatic hydroxyl groups is 1. The van der Waals surface area contributed by atoms with Gasteiger partial charge in [0.15, 0.2) is 0 Å². The number of hydrogen-bond acceptors (Lipinski definition) is 3. The molecule has 0 aromatic heterocycles. The normalized spacial score (nSPS) is 17.7. The Bertz CT molecular complexity index is 522. The van der Waals surface area contributed by atoms with Crippen LogP contribution in [0.5, 0.6) is 0 Å². The molecule has 1 saturated heterocycles. The molecule has 1 aliphatic rings. The summed E-state index contributed by atoms with van der Waals surface area (Å²) in [5.41, 5.74) is 0.578. The number of aliphatic hydroxyl groups excluding tert-OH is 1. The Hall–Kier alpha value is -1.10. The minimum atomic E-state index is -0.267. The Morgan fingerprint density at radius 2 is 1.91 bits per heavy atom. The maximum absolute atomic E-state index is 12.3. The van der Waals surface area contributed by atoms with E-state index in [0.29, 0.717) is 31.2 Å². The van der Waals surface area contributed by atoms with E-state index >= 15 is 0 Å². The molecular formula is C18H26ClNO3. The lowest BCUT2D eigenvalue weighted by Crippen LogP contribution is -2.44. The molecule has 1 amide bonds. The highest BCUT2D eigenvalue weighted by atomic mass is 35.5. The second-order valence-electron chi connectivity index (χ2n) is 7.11. The van der Waals surface area contributed by atoms with Crippen molar-refractivity contribution in [2.45, 2.75) is 38.5 Å². The Balaban J connectivity index is 1.91. The predicted molar refractivity (Wildman–Crippen MR) is 91.7 cm³/mol. The zero-order valence-electron chi connectivity index (χ0n) is 13.9. The third-order valence-electron chi connectivity index (χ3n) is 4.78. The molecule has 1 aliphatic heterocycles. The third kappa shape index (κ3) is 4.93. The van der Waals surface area contributed by atoms with Crippen LogP contribution in [0.4, 0.5) is 0 Å². The van der Waals surface area contributed by atoms with Gasteiger partial charge in [-0.3, -0.25) is 4.79 Å². The van der Waals surface area contributed by atoms with Crippen molar-refractivity contribution < 1.29 is 14.6 Å². The minimum absolute atomic E-state index is 0.00395.